The van der Waals surface area contributed by atoms with Gasteiger partial charge in [-0.15, -0.1) is 11.3 Å². The van der Waals surface area contributed by atoms with Gasteiger partial charge in [0.2, 0.25) is 0 Å². The molecule has 1 nitrogen and oxygen atoms in total. The molecule has 0 aliphatic heterocycles. The molecule has 3 aromatic rings. The maximum atomic E-state index is 6.52. The van der Waals surface area contributed by atoms with Crippen molar-refractivity contribution in [3.8, 4) is 0 Å². The monoisotopic (exact) mass is 409 g/mol. The number of hydrogen-bond donors (Lipinski definition) is 1. The molecule has 1 unspecified atom stereocenters. The van der Waals surface area contributed by atoms with E-state index < -0.39 is 0 Å². The van der Waals surface area contributed by atoms with Crippen LogP contribution in [0.15, 0.2) is 50.7 Å². The van der Waals surface area contributed by atoms with E-state index in [1.165, 1.54) is 26.8 Å². The molecule has 0 saturated heterocycles. The van der Waals surface area contributed by atoms with E-state index in [0.29, 0.717) is 0 Å². The van der Waals surface area contributed by atoms with E-state index in [-0.39, 0.29) is 6.04 Å². The van der Waals surface area contributed by atoms with E-state index >= 15 is 0 Å². The third-order valence-corrected chi connectivity index (χ3v) is 5.96. The third-order valence-electron chi connectivity index (χ3n) is 3.49. The number of aryl methyl sites for hydroxylation is 1. The maximum Gasteiger partial charge on any atom is 0.0569 e. The Kier molecular flexibility index (Phi) is 4.00. The third kappa shape index (κ3) is 2.46. The largest absolute Gasteiger partial charge is 0.320 e. The highest BCUT2D eigenvalue weighted by molar-refractivity contribution is 9.11. The summed E-state index contributed by atoms with van der Waals surface area (Å²) in [6.45, 7) is 2.10. The molecule has 0 amide bonds. The molecule has 1 atom stereocenters. The van der Waals surface area contributed by atoms with Gasteiger partial charge in [0.05, 0.1) is 6.04 Å². The molecule has 0 aliphatic rings. The fourth-order valence-electron chi connectivity index (χ4n) is 2.40. The van der Waals surface area contributed by atoms with Gasteiger partial charge in [-0.3, -0.25) is 0 Å². The Balaban J connectivity index is 2.15. The molecular weight excluding hydrogens is 398 g/mol. The standard InChI is InChI=1S/C16H13Br2NS/c1-9-5-6-10(17)7-12(9)15(19)13-8-20-16-11(13)3-2-4-14(16)18/h2-8,15H,19H2,1H3. The summed E-state index contributed by atoms with van der Waals surface area (Å²) in [6, 6.07) is 12.4. The van der Waals surface area contributed by atoms with Gasteiger partial charge < -0.3 is 5.73 Å². The highest BCUT2D eigenvalue weighted by Crippen LogP contribution is 2.37. The van der Waals surface area contributed by atoms with Crippen LogP contribution in [0, 0.1) is 6.92 Å². The van der Waals surface area contributed by atoms with E-state index in [0.717, 1.165) is 8.95 Å². The van der Waals surface area contributed by atoms with E-state index in [9.17, 15) is 0 Å². The van der Waals surface area contributed by atoms with Gasteiger partial charge in [-0.05, 0) is 68.5 Å². The Bertz CT molecular complexity index is 779. The van der Waals surface area contributed by atoms with Crippen LogP contribution >= 0.6 is 43.2 Å². The summed E-state index contributed by atoms with van der Waals surface area (Å²) in [5.41, 5.74) is 10.1. The fourth-order valence-corrected chi connectivity index (χ4v) is 4.43. The van der Waals surface area contributed by atoms with Gasteiger partial charge in [-0.25, -0.2) is 0 Å². The summed E-state index contributed by atoms with van der Waals surface area (Å²) in [7, 11) is 0. The first-order valence-electron chi connectivity index (χ1n) is 6.25. The van der Waals surface area contributed by atoms with Crippen molar-refractivity contribution in [2.75, 3.05) is 0 Å². The minimum Gasteiger partial charge on any atom is -0.320 e. The zero-order valence-electron chi connectivity index (χ0n) is 10.9. The summed E-state index contributed by atoms with van der Waals surface area (Å²) in [5.74, 6) is 0. The van der Waals surface area contributed by atoms with Crippen molar-refractivity contribution < 1.29 is 0 Å². The smallest absolute Gasteiger partial charge is 0.0569 e. The van der Waals surface area contributed by atoms with Gasteiger partial charge >= 0.3 is 0 Å². The molecule has 1 heterocycles. The Hall–Kier alpha value is -0.680. The minimum atomic E-state index is -0.101. The predicted octanol–water partition coefficient (Wildman–Crippen LogP) is 5.78. The summed E-state index contributed by atoms with van der Waals surface area (Å²) in [4.78, 5) is 0. The molecule has 20 heavy (non-hydrogen) atoms. The molecule has 0 fully saturated rings. The number of rotatable bonds is 2. The van der Waals surface area contributed by atoms with Gasteiger partial charge in [0.1, 0.15) is 0 Å². The second-order valence-electron chi connectivity index (χ2n) is 4.79. The highest BCUT2D eigenvalue weighted by Gasteiger charge is 2.16. The van der Waals surface area contributed by atoms with E-state index in [4.69, 9.17) is 5.73 Å². The minimum absolute atomic E-state index is 0.101. The topological polar surface area (TPSA) is 26.0 Å². The van der Waals surface area contributed by atoms with Gasteiger partial charge in [0.15, 0.2) is 0 Å². The number of hydrogen-bond acceptors (Lipinski definition) is 2. The molecule has 1 aromatic heterocycles. The highest BCUT2D eigenvalue weighted by atomic mass is 79.9. The van der Waals surface area contributed by atoms with Crippen molar-refractivity contribution in [1.82, 2.24) is 0 Å². The first kappa shape index (κ1) is 14.3. The summed E-state index contributed by atoms with van der Waals surface area (Å²) < 4.78 is 3.45. The van der Waals surface area contributed by atoms with Gasteiger partial charge in [0, 0.05) is 13.6 Å². The molecule has 0 saturated carbocycles. The lowest BCUT2D eigenvalue weighted by Crippen LogP contribution is -2.12. The normalized spacial score (nSPS) is 12.8. The lowest BCUT2D eigenvalue weighted by Gasteiger charge is -2.15. The summed E-state index contributed by atoms with van der Waals surface area (Å²) in [6.07, 6.45) is 0. The molecule has 0 bridgehead atoms. The molecule has 0 radical (unpaired) electrons. The Morgan fingerprint density at radius 3 is 2.70 bits per heavy atom. The van der Waals surface area contributed by atoms with Crippen LogP contribution in [0.5, 0.6) is 0 Å². The zero-order valence-corrected chi connectivity index (χ0v) is 14.8. The average Bonchev–Trinajstić information content (AvgIpc) is 2.86. The molecule has 0 aliphatic carbocycles. The average molecular weight is 411 g/mol. The van der Waals surface area contributed by atoms with Crippen LogP contribution in [0.2, 0.25) is 0 Å². The number of benzene rings is 2. The van der Waals surface area contributed by atoms with Gasteiger partial charge in [-0.2, -0.15) is 0 Å². The van der Waals surface area contributed by atoms with Crippen molar-refractivity contribution in [2.24, 2.45) is 5.73 Å². The molecule has 0 spiro atoms. The number of nitrogens with two attached hydrogens (primary N) is 1. The number of halogens is 2. The molecule has 2 aromatic carbocycles. The zero-order chi connectivity index (χ0) is 14.3. The van der Waals surface area contributed by atoms with Crippen LogP contribution in [0.3, 0.4) is 0 Å². The van der Waals surface area contributed by atoms with Crippen LogP contribution < -0.4 is 5.73 Å². The Morgan fingerprint density at radius 2 is 1.90 bits per heavy atom. The van der Waals surface area contributed by atoms with E-state index in [1.54, 1.807) is 11.3 Å². The van der Waals surface area contributed by atoms with Crippen molar-refractivity contribution in [3.63, 3.8) is 0 Å². The van der Waals surface area contributed by atoms with Gasteiger partial charge in [0.25, 0.3) is 0 Å². The molecular formula is C16H13Br2NS. The quantitative estimate of drug-likeness (QED) is 0.568. The van der Waals surface area contributed by atoms with Crippen LogP contribution in [0.25, 0.3) is 10.1 Å². The Morgan fingerprint density at radius 1 is 1.10 bits per heavy atom. The molecule has 3 rings (SSSR count). The van der Waals surface area contributed by atoms with Gasteiger partial charge in [-0.1, -0.05) is 34.1 Å². The second kappa shape index (κ2) is 5.60. The van der Waals surface area contributed by atoms with Crippen molar-refractivity contribution in [2.45, 2.75) is 13.0 Å². The Labute approximate surface area is 139 Å². The first-order valence-corrected chi connectivity index (χ1v) is 8.71. The summed E-state index contributed by atoms with van der Waals surface area (Å²) in [5, 5.41) is 3.40. The number of fused-ring (bicyclic) bond motifs is 1. The molecule has 102 valence electrons. The SMILES string of the molecule is Cc1ccc(Br)cc1C(N)c1csc2c(Br)cccc12. The molecule has 4 heteroatoms. The van der Waals surface area contributed by atoms with E-state index in [2.05, 4.69) is 74.5 Å². The molecule has 2 N–H and O–H groups in total. The second-order valence-corrected chi connectivity index (χ2v) is 7.44. The van der Waals surface area contributed by atoms with Crippen LogP contribution in [-0.2, 0) is 0 Å². The van der Waals surface area contributed by atoms with Crippen LogP contribution in [0.4, 0.5) is 0 Å². The van der Waals surface area contributed by atoms with Crippen LogP contribution in [-0.4, -0.2) is 0 Å². The van der Waals surface area contributed by atoms with Crippen molar-refractivity contribution in [3.05, 3.63) is 67.4 Å². The summed E-state index contributed by atoms with van der Waals surface area (Å²) >= 11 is 8.87. The van der Waals surface area contributed by atoms with E-state index in [1.807, 2.05) is 6.07 Å². The lowest BCUT2D eigenvalue weighted by atomic mass is 9.95. The lowest BCUT2D eigenvalue weighted by molar-refractivity contribution is 0.873. The predicted molar refractivity (Wildman–Crippen MR) is 94.4 cm³/mol. The first-order chi connectivity index (χ1) is 9.58. The van der Waals surface area contributed by atoms with Crippen molar-refractivity contribution in [1.29, 1.82) is 0 Å². The van der Waals surface area contributed by atoms with Crippen LogP contribution in [0.1, 0.15) is 22.7 Å². The fraction of sp³-hybridized carbons (Fsp3) is 0.125. The number of thiophene rings is 1. The maximum absolute atomic E-state index is 6.52. The van der Waals surface area contributed by atoms with Crippen molar-refractivity contribution >= 4 is 53.3 Å².